The molecular formula is C11H17NO2. The van der Waals surface area contributed by atoms with Gasteiger partial charge in [0.25, 0.3) is 0 Å². The Labute approximate surface area is 84.8 Å². The lowest BCUT2D eigenvalue weighted by atomic mass is 10.2. The number of nitrogens with two attached hydrogens (primary N) is 1. The van der Waals surface area contributed by atoms with E-state index in [-0.39, 0.29) is 0 Å². The van der Waals surface area contributed by atoms with Crippen molar-refractivity contribution in [3.8, 4) is 5.75 Å². The van der Waals surface area contributed by atoms with Crippen molar-refractivity contribution in [2.24, 2.45) is 0 Å². The molecule has 14 heavy (non-hydrogen) atoms. The first-order valence-electron chi connectivity index (χ1n) is 4.80. The van der Waals surface area contributed by atoms with Crippen molar-refractivity contribution in [2.75, 3.05) is 25.6 Å². The molecule has 1 aromatic rings. The van der Waals surface area contributed by atoms with Gasteiger partial charge in [-0.1, -0.05) is 0 Å². The summed E-state index contributed by atoms with van der Waals surface area (Å²) < 4.78 is 10.6. The molecule has 0 saturated carbocycles. The summed E-state index contributed by atoms with van der Waals surface area (Å²) in [6, 6.07) is 5.69. The summed E-state index contributed by atoms with van der Waals surface area (Å²) in [6.45, 7) is 5.86. The molecule has 0 fully saturated rings. The summed E-state index contributed by atoms with van der Waals surface area (Å²) in [7, 11) is 0. The van der Waals surface area contributed by atoms with E-state index in [0.29, 0.717) is 13.2 Å². The minimum absolute atomic E-state index is 0.566. The van der Waals surface area contributed by atoms with Crippen LogP contribution < -0.4 is 10.5 Å². The smallest absolute Gasteiger partial charge is 0.121 e. The standard InChI is InChI=1S/C11H17NO2/c1-3-13-4-5-14-11-7-9(2)6-10(12)8-11/h6-8H,3-5,12H2,1-2H3. The third kappa shape index (κ3) is 3.66. The van der Waals surface area contributed by atoms with Crippen molar-refractivity contribution in [3.05, 3.63) is 23.8 Å². The second-order valence-electron chi connectivity index (χ2n) is 3.12. The van der Waals surface area contributed by atoms with E-state index in [0.717, 1.165) is 23.6 Å². The Kier molecular flexibility index (Phi) is 4.26. The molecule has 0 saturated heterocycles. The molecule has 3 nitrogen and oxygen atoms in total. The monoisotopic (exact) mass is 195 g/mol. The molecule has 0 radical (unpaired) electrons. The minimum atomic E-state index is 0.566. The van der Waals surface area contributed by atoms with Gasteiger partial charge in [-0.3, -0.25) is 0 Å². The van der Waals surface area contributed by atoms with E-state index in [2.05, 4.69) is 0 Å². The molecular weight excluding hydrogens is 178 g/mol. The molecule has 0 aliphatic rings. The molecule has 1 aromatic carbocycles. The van der Waals surface area contributed by atoms with Crippen LogP contribution in [0.3, 0.4) is 0 Å². The zero-order valence-corrected chi connectivity index (χ0v) is 8.75. The zero-order chi connectivity index (χ0) is 10.4. The highest BCUT2D eigenvalue weighted by molar-refractivity contribution is 5.47. The fourth-order valence-corrected chi connectivity index (χ4v) is 1.22. The quantitative estimate of drug-likeness (QED) is 0.577. The highest BCUT2D eigenvalue weighted by atomic mass is 16.5. The number of ether oxygens (including phenoxy) is 2. The van der Waals surface area contributed by atoms with E-state index in [1.165, 1.54) is 0 Å². The van der Waals surface area contributed by atoms with Crippen LogP contribution in [0.15, 0.2) is 18.2 Å². The summed E-state index contributed by atoms with van der Waals surface area (Å²) in [5.74, 6) is 0.808. The van der Waals surface area contributed by atoms with Gasteiger partial charge in [-0.25, -0.2) is 0 Å². The van der Waals surface area contributed by atoms with Gasteiger partial charge in [0.1, 0.15) is 12.4 Å². The van der Waals surface area contributed by atoms with Crippen molar-refractivity contribution in [2.45, 2.75) is 13.8 Å². The summed E-state index contributed by atoms with van der Waals surface area (Å²) >= 11 is 0. The maximum atomic E-state index is 5.68. The molecule has 0 aromatic heterocycles. The van der Waals surface area contributed by atoms with Gasteiger partial charge in [0.2, 0.25) is 0 Å². The molecule has 78 valence electrons. The van der Waals surface area contributed by atoms with Gasteiger partial charge in [-0.15, -0.1) is 0 Å². The first kappa shape index (κ1) is 10.9. The van der Waals surface area contributed by atoms with Crippen molar-refractivity contribution in [1.82, 2.24) is 0 Å². The number of benzene rings is 1. The summed E-state index contributed by atoms with van der Waals surface area (Å²) in [5.41, 5.74) is 7.52. The Bertz CT molecular complexity index is 266. The minimum Gasteiger partial charge on any atom is -0.491 e. The van der Waals surface area contributed by atoms with Gasteiger partial charge >= 0.3 is 0 Å². The van der Waals surface area contributed by atoms with Crippen LogP contribution in [0.25, 0.3) is 0 Å². The third-order valence-electron chi connectivity index (χ3n) is 1.77. The van der Waals surface area contributed by atoms with Gasteiger partial charge in [0.05, 0.1) is 6.61 Å². The lowest BCUT2D eigenvalue weighted by molar-refractivity contribution is 0.110. The highest BCUT2D eigenvalue weighted by Crippen LogP contribution is 2.17. The second-order valence-corrected chi connectivity index (χ2v) is 3.12. The van der Waals surface area contributed by atoms with Crippen LogP contribution in [0.1, 0.15) is 12.5 Å². The average Bonchev–Trinajstić information content (AvgIpc) is 2.11. The molecule has 0 atom stereocenters. The van der Waals surface area contributed by atoms with Gasteiger partial charge in [-0.05, 0) is 31.5 Å². The Morgan fingerprint density at radius 1 is 1.21 bits per heavy atom. The van der Waals surface area contributed by atoms with Crippen LogP contribution in [0.4, 0.5) is 5.69 Å². The normalized spacial score (nSPS) is 10.1. The Hall–Kier alpha value is -1.22. The SMILES string of the molecule is CCOCCOc1cc(C)cc(N)c1. The van der Waals surface area contributed by atoms with Crippen molar-refractivity contribution in [1.29, 1.82) is 0 Å². The molecule has 0 spiro atoms. The highest BCUT2D eigenvalue weighted by Gasteiger charge is 1.96. The Balaban J connectivity index is 2.42. The number of nitrogen functional groups attached to an aromatic ring is 1. The first-order chi connectivity index (χ1) is 6.72. The van der Waals surface area contributed by atoms with Crippen LogP contribution in [0, 0.1) is 6.92 Å². The second kappa shape index (κ2) is 5.50. The van der Waals surface area contributed by atoms with E-state index >= 15 is 0 Å². The van der Waals surface area contributed by atoms with Crippen molar-refractivity contribution in [3.63, 3.8) is 0 Å². The van der Waals surface area contributed by atoms with E-state index in [1.54, 1.807) is 0 Å². The largest absolute Gasteiger partial charge is 0.491 e. The molecule has 2 N–H and O–H groups in total. The molecule has 0 aliphatic carbocycles. The van der Waals surface area contributed by atoms with Crippen LogP contribution in [0.2, 0.25) is 0 Å². The van der Waals surface area contributed by atoms with Crippen LogP contribution >= 0.6 is 0 Å². The number of hydrogen-bond acceptors (Lipinski definition) is 3. The van der Waals surface area contributed by atoms with Crippen LogP contribution in [-0.4, -0.2) is 19.8 Å². The molecule has 0 heterocycles. The fourth-order valence-electron chi connectivity index (χ4n) is 1.22. The third-order valence-corrected chi connectivity index (χ3v) is 1.77. The average molecular weight is 195 g/mol. The van der Waals surface area contributed by atoms with Crippen molar-refractivity contribution >= 4 is 5.69 Å². The Morgan fingerprint density at radius 2 is 2.00 bits per heavy atom. The van der Waals surface area contributed by atoms with Crippen LogP contribution in [-0.2, 0) is 4.74 Å². The zero-order valence-electron chi connectivity index (χ0n) is 8.75. The summed E-state index contributed by atoms with van der Waals surface area (Å²) in [5, 5.41) is 0. The molecule has 0 amide bonds. The molecule has 1 rings (SSSR count). The fraction of sp³-hybridized carbons (Fsp3) is 0.455. The summed E-state index contributed by atoms with van der Waals surface area (Å²) in [4.78, 5) is 0. The van der Waals surface area contributed by atoms with Gasteiger partial charge < -0.3 is 15.2 Å². The predicted octanol–water partition coefficient (Wildman–Crippen LogP) is 1.99. The van der Waals surface area contributed by atoms with Crippen molar-refractivity contribution < 1.29 is 9.47 Å². The van der Waals surface area contributed by atoms with Gasteiger partial charge in [0, 0.05) is 18.4 Å². The maximum absolute atomic E-state index is 5.68. The molecule has 0 unspecified atom stereocenters. The van der Waals surface area contributed by atoms with E-state index in [9.17, 15) is 0 Å². The number of hydrogen-bond donors (Lipinski definition) is 1. The van der Waals surface area contributed by atoms with E-state index < -0.39 is 0 Å². The lowest BCUT2D eigenvalue weighted by Crippen LogP contribution is -2.06. The Morgan fingerprint density at radius 3 is 2.64 bits per heavy atom. The van der Waals surface area contributed by atoms with E-state index in [4.69, 9.17) is 15.2 Å². The number of anilines is 1. The molecule has 0 aliphatic heterocycles. The first-order valence-corrected chi connectivity index (χ1v) is 4.80. The lowest BCUT2D eigenvalue weighted by Gasteiger charge is -2.07. The molecule has 0 bridgehead atoms. The topological polar surface area (TPSA) is 44.5 Å². The van der Waals surface area contributed by atoms with Gasteiger partial charge in [0.15, 0.2) is 0 Å². The summed E-state index contributed by atoms with van der Waals surface area (Å²) in [6.07, 6.45) is 0. The number of aryl methyl sites for hydroxylation is 1. The predicted molar refractivity (Wildman–Crippen MR) is 57.6 cm³/mol. The van der Waals surface area contributed by atoms with E-state index in [1.807, 2.05) is 32.0 Å². The maximum Gasteiger partial charge on any atom is 0.121 e. The van der Waals surface area contributed by atoms with Gasteiger partial charge in [-0.2, -0.15) is 0 Å². The van der Waals surface area contributed by atoms with Crippen LogP contribution in [0.5, 0.6) is 5.75 Å². The molecule has 3 heteroatoms. The number of rotatable bonds is 5.